The van der Waals surface area contributed by atoms with Gasteiger partial charge in [0, 0.05) is 0 Å². The number of thioether (sulfide) groups is 1. The highest BCUT2D eigenvalue weighted by molar-refractivity contribution is 8.16. The maximum absolute atomic E-state index is 12.7. The molecule has 2 aliphatic rings. The minimum Gasteiger partial charge on any atom is -0.510 e. The Morgan fingerprint density at radius 2 is 1.64 bits per heavy atom. The van der Waals surface area contributed by atoms with Crippen molar-refractivity contribution in [3.05, 3.63) is 39.6 Å². The van der Waals surface area contributed by atoms with Gasteiger partial charge in [-0.25, -0.2) is 0 Å². The van der Waals surface area contributed by atoms with Gasteiger partial charge in [0.1, 0.15) is 5.76 Å². The topological polar surface area (TPSA) is 37.3 Å². The molecular formula is C19H24O2S. The van der Waals surface area contributed by atoms with Gasteiger partial charge in [0.05, 0.1) is 10.3 Å². The summed E-state index contributed by atoms with van der Waals surface area (Å²) in [5.41, 5.74) is 6.20. The Morgan fingerprint density at radius 3 is 2.27 bits per heavy atom. The lowest BCUT2D eigenvalue weighted by molar-refractivity contribution is -0.106. The first-order valence-corrected chi connectivity index (χ1v) is 8.94. The maximum Gasteiger partial charge on any atom is 0.224 e. The quantitative estimate of drug-likeness (QED) is 0.777. The molecule has 1 heterocycles. The fourth-order valence-corrected chi connectivity index (χ4v) is 5.30. The third kappa shape index (κ3) is 2.21. The predicted octanol–water partition coefficient (Wildman–Crippen LogP) is 5.17. The smallest absolute Gasteiger partial charge is 0.224 e. The van der Waals surface area contributed by atoms with Crippen LogP contribution in [0.4, 0.5) is 0 Å². The number of carbonyl (C=O) groups excluding carboxylic acids is 1. The number of hydrogen-bond acceptors (Lipinski definition) is 3. The zero-order valence-corrected chi connectivity index (χ0v) is 14.7. The van der Waals surface area contributed by atoms with Crippen molar-refractivity contribution in [3.8, 4) is 0 Å². The van der Waals surface area contributed by atoms with Gasteiger partial charge >= 0.3 is 0 Å². The van der Waals surface area contributed by atoms with E-state index in [4.69, 9.17) is 0 Å². The van der Waals surface area contributed by atoms with Crippen LogP contribution >= 0.6 is 11.8 Å². The summed E-state index contributed by atoms with van der Waals surface area (Å²) >= 11 is 1.36. The number of aliphatic hydroxyl groups is 1. The first kappa shape index (κ1) is 15.7. The molecule has 0 unspecified atom stereocenters. The molecule has 1 aliphatic carbocycles. The van der Waals surface area contributed by atoms with Crippen LogP contribution in [0.1, 0.15) is 59.9 Å². The SMILES string of the molecule is Cc1cc(C)c(C2=C(O)C3(CCCCC3)SC2=O)c(C)c1C. The molecule has 0 bridgehead atoms. The van der Waals surface area contributed by atoms with Crippen molar-refractivity contribution < 1.29 is 9.90 Å². The van der Waals surface area contributed by atoms with Gasteiger partial charge in [0.2, 0.25) is 5.12 Å². The second-order valence-corrected chi connectivity index (χ2v) is 8.16. The second kappa shape index (κ2) is 5.45. The molecular weight excluding hydrogens is 292 g/mol. The zero-order chi connectivity index (χ0) is 16.1. The molecule has 1 aromatic carbocycles. The first-order chi connectivity index (χ1) is 10.4. The van der Waals surface area contributed by atoms with E-state index in [1.807, 2.05) is 6.92 Å². The van der Waals surface area contributed by atoms with E-state index in [1.165, 1.54) is 29.3 Å². The van der Waals surface area contributed by atoms with Crippen LogP contribution in [0.3, 0.4) is 0 Å². The van der Waals surface area contributed by atoms with Crippen LogP contribution in [-0.4, -0.2) is 15.0 Å². The highest BCUT2D eigenvalue weighted by Gasteiger charge is 2.48. The van der Waals surface area contributed by atoms with Crippen molar-refractivity contribution in [2.75, 3.05) is 0 Å². The standard InChI is InChI=1S/C19H24O2S/c1-11-10-12(2)15(14(4)13(11)3)16-17(20)19(22-18(16)21)8-6-5-7-9-19/h10,20H,5-9H2,1-4H3. The molecule has 1 saturated carbocycles. The highest BCUT2D eigenvalue weighted by Crippen LogP contribution is 2.54. The van der Waals surface area contributed by atoms with E-state index >= 15 is 0 Å². The fraction of sp³-hybridized carbons (Fsp3) is 0.526. The van der Waals surface area contributed by atoms with Crippen LogP contribution in [0.25, 0.3) is 5.57 Å². The lowest BCUT2D eigenvalue weighted by atomic mass is 9.83. The van der Waals surface area contributed by atoms with E-state index < -0.39 is 0 Å². The summed E-state index contributed by atoms with van der Waals surface area (Å²) in [6, 6.07) is 2.13. The first-order valence-electron chi connectivity index (χ1n) is 8.12. The molecule has 1 N–H and O–H groups in total. The Labute approximate surface area is 137 Å². The summed E-state index contributed by atoms with van der Waals surface area (Å²) in [6.07, 6.45) is 5.25. The lowest BCUT2D eigenvalue weighted by Gasteiger charge is -2.31. The number of hydrogen-bond donors (Lipinski definition) is 1. The Morgan fingerprint density at radius 1 is 1.00 bits per heavy atom. The van der Waals surface area contributed by atoms with Gasteiger partial charge < -0.3 is 5.11 Å². The molecule has 0 radical (unpaired) electrons. The van der Waals surface area contributed by atoms with Crippen LogP contribution in [0.15, 0.2) is 11.8 Å². The van der Waals surface area contributed by atoms with Crippen LogP contribution in [0.2, 0.25) is 0 Å². The van der Waals surface area contributed by atoms with E-state index in [0.717, 1.165) is 42.4 Å². The van der Waals surface area contributed by atoms with Crippen LogP contribution in [-0.2, 0) is 4.79 Å². The van der Waals surface area contributed by atoms with Gasteiger partial charge in [0.15, 0.2) is 0 Å². The van der Waals surface area contributed by atoms with Gasteiger partial charge in [-0.1, -0.05) is 37.1 Å². The average Bonchev–Trinajstić information content (AvgIpc) is 2.70. The molecule has 0 aromatic heterocycles. The molecule has 3 heteroatoms. The molecule has 3 rings (SSSR count). The summed E-state index contributed by atoms with van der Waals surface area (Å²) in [6.45, 7) is 8.29. The van der Waals surface area contributed by atoms with Gasteiger partial charge in [-0.3, -0.25) is 4.79 Å². The molecule has 118 valence electrons. The molecule has 22 heavy (non-hydrogen) atoms. The third-order valence-corrected chi connectivity index (χ3v) is 6.81. The van der Waals surface area contributed by atoms with Crippen molar-refractivity contribution in [1.29, 1.82) is 0 Å². The van der Waals surface area contributed by atoms with E-state index in [-0.39, 0.29) is 9.86 Å². The van der Waals surface area contributed by atoms with Crippen LogP contribution in [0.5, 0.6) is 0 Å². The number of rotatable bonds is 1. The normalized spacial score (nSPS) is 21.0. The monoisotopic (exact) mass is 316 g/mol. The Balaban J connectivity index is 2.19. The second-order valence-electron chi connectivity index (χ2n) is 6.80. The zero-order valence-electron chi connectivity index (χ0n) is 13.9. The summed E-state index contributed by atoms with van der Waals surface area (Å²) in [5.74, 6) is 0.344. The van der Waals surface area contributed by atoms with Gasteiger partial charge in [-0.2, -0.15) is 0 Å². The van der Waals surface area contributed by atoms with Crippen molar-refractivity contribution in [2.45, 2.75) is 64.5 Å². The summed E-state index contributed by atoms with van der Waals surface area (Å²) in [7, 11) is 0. The van der Waals surface area contributed by atoms with Crippen molar-refractivity contribution in [1.82, 2.24) is 0 Å². The van der Waals surface area contributed by atoms with Crippen LogP contribution in [0, 0.1) is 27.7 Å². The number of carbonyl (C=O) groups is 1. The molecule has 0 atom stereocenters. The largest absolute Gasteiger partial charge is 0.510 e. The van der Waals surface area contributed by atoms with Crippen LogP contribution < -0.4 is 0 Å². The van der Waals surface area contributed by atoms with E-state index in [0.29, 0.717) is 11.3 Å². The minimum absolute atomic E-state index is 0.0499. The Bertz CT molecular complexity index is 679. The summed E-state index contributed by atoms with van der Waals surface area (Å²) < 4.78 is -0.345. The molecule has 1 aliphatic heterocycles. The molecule has 0 saturated heterocycles. The molecule has 1 spiro atoms. The highest BCUT2D eigenvalue weighted by atomic mass is 32.2. The molecule has 1 fully saturated rings. The van der Waals surface area contributed by atoms with E-state index in [2.05, 4.69) is 26.8 Å². The van der Waals surface area contributed by atoms with Crippen molar-refractivity contribution in [3.63, 3.8) is 0 Å². The average molecular weight is 316 g/mol. The van der Waals surface area contributed by atoms with Gasteiger partial charge in [-0.05, 0) is 68.4 Å². The summed E-state index contributed by atoms with van der Waals surface area (Å²) in [5, 5.41) is 11.0. The predicted molar refractivity (Wildman–Crippen MR) is 93.4 cm³/mol. The van der Waals surface area contributed by atoms with Crippen molar-refractivity contribution >= 4 is 22.5 Å². The maximum atomic E-state index is 12.7. The number of aryl methyl sites for hydroxylation is 2. The van der Waals surface area contributed by atoms with Gasteiger partial charge in [-0.15, -0.1) is 0 Å². The Kier molecular flexibility index (Phi) is 3.88. The third-order valence-electron chi connectivity index (χ3n) is 5.43. The Hall–Kier alpha value is -1.22. The van der Waals surface area contributed by atoms with E-state index in [1.54, 1.807) is 0 Å². The fourth-order valence-electron chi connectivity index (χ4n) is 3.95. The van der Waals surface area contributed by atoms with E-state index in [9.17, 15) is 9.90 Å². The van der Waals surface area contributed by atoms with Gasteiger partial charge in [0.25, 0.3) is 0 Å². The molecule has 0 amide bonds. The molecule has 1 aromatic rings. The number of aliphatic hydroxyl groups excluding tert-OH is 1. The molecule has 2 nitrogen and oxygen atoms in total. The minimum atomic E-state index is -0.345. The summed E-state index contributed by atoms with van der Waals surface area (Å²) in [4.78, 5) is 12.7. The number of benzene rings is 1. The van der Waals surface area contributed by atoms with Crippen molar-refractivity contribution in [2.24, 2.45) is 0 Å². The lowest BCUT2D eigenvalue weighted by Crippen LogP contribution is -2.28.